The first-order valence-electron chi connectivity index (χ1n) is 7.07. The molecule has 2 amide bonds. The van der Waals surface area contributed by atoms with Crippen molar-refractivity contribution >= 4 is 27.9 Å². The van der Waals surface area contributed by atoms with Crippen LogP contribution < -0.4 is 5.32 Å². The van der Waals surface area contributed by atoms with Crippen molar-refractivity contribution < 1.29 is 14.7 Å². The summed E-state index contributed by atoms with van der Waals surface area (Å²) in [5.41, 5.74) is 0.998. The number of carbonyl (C=O) groups is 2. The summed E-state index contributed by atoms with van der Waals surface area (Å²) in [5, 5.41) is 11.8. The highest BCUT2D eigenvalue weighted by Crippen LogP contribution is 2.20. The molecule has 5 nitrogen and oxygen atoms in total. The molecule has 114 valence electrons. The fourth-order valence-corrected chi connectivity index (χ4v) is 3.02. The van der Waals surface area contributed by atoms with Crippen LogP contribution in [0.25, 0.3) is 0 Å². The molecular weight excluding hydrogens is 336 g/mol. The zero-order valence-corrected chi connectivity index (χ0v) is 13.3. The lowest BCUT2D eigenvalue weighted by atomic mass is 10.00. The molecule has 1 aliphatic heterocycles. The Bertz CT molecular complexity index is 521. The Kier molecular flexibility index (Phi) is 5.61. The Balaban J connectivity index is 1.94. The van der Waals surface area contributed by atoms with E-state index in [4.69, 9.17) is 5.11 Å². The second-order valence-electron chi connectivity index (χ2n) is 5.19. The number of rotatable bonds is 4. The van der Waals surface area contributed by atoms with E-state index in [9.17, 15) is 9.59 Å². The topological polar surface area (TPSA) is 69.6 Å². The third-order valence-electron chi connectivity index (χ3n) is 3.69. The van der Waals surface area contributed by atoms with E-state index < -0.39 is 5.97 Å². The smallest absolute Gasteiger partial charge is 0.317 e. The van der Waals surface area contributed by atoms with Crippen LogP contribution in [0.3, 0.4) is 0 Å². The average molecular weight is 355 g/mol. The third kappa shape index (κ3) is 4.46. The fourth-order valence-electron chi connectivity index (χ4n) is 2.60. The van der Waals surface area contributed by atoms with Crippen LogP contribution in [-0.2, 0) is 11.3 Å². The molecule has 1 aliphatic rings. The quantitative estimate of drug-likeness (QED) is 0.872. The number of nitrogens with zero attached hydrogens (tertiary/aromatic N) is 1. The van der Waals surface area contributed by atoms with Crippen LogP contribution >= 0.6 is 15.9 Å². The number of nitrogens with one attached hydrogen (secondary N) is 1. The number of amides is 2. The summed E-state index contributed by atoms with van der Waals surface area (Å²) in [7, 11) is 0. The second-order valence-corrected chi connectivity index (χ2v) is 6.05. The summed E-state index contributed by atoms with van der Waals surface area (Å²) in [6.45, 7) is 1.05. The van der Waals surface area contributed by atoms with Gasteiger partial charge in [0.15, 0.2) is 0 Å². The van der Waals surface area contributed by atoms with Crippen LogP contribution in [0.2, 0.25) is 0 Å². The van der Waals surface area contributed by atoms with Gasteiger partial charge < -0.3 is 15.3 Å². The van der Waals surface area contributed by atoms with Crippen LogP contribution in [0.4, 0.5) is 4.79 Å². The SMILES string of the molecule is O=C(O)CC1CCCCN1C(=O)NCc1ccccc1Br. The molecule has 1 aromatic rings. The molecule has 0 bridgehead atoms. The number of benzene rings is 1. The van der Waals surface area contributed by atoms with E-state index in [1.165, 1.54) is 0 Å². The minimum absolute atomic E-state index is 0.0163. The molecule has 0 aliphatic carbocycles. The number of urea groups is 1. The number of hydrogen-bond donors (Lipinski definition) is 2. The summed E-state index contributed by atoms with van der Waals surface area (Å²) >= 11 is 3.44. The first-order chi connectivity index (χ1) is 10.1. The average Bonchev–Trinajstić information content (AvgIpc) is 2.46. The highest BCUT2D eigenvalue weighted by atomic mass is 79.9. The van der Waals surface area contributed by atoms with Crippen molar-refractivity contribution in [2.45, 2.75) is 38.3 Å². The van der Waals surface area contributed by atoms with Crippen LogP contribution in [0.15, 0.2) is 28.7 Å². The van der Waals surface area contributed by atoms with Gasteiger partial charge in [-0.05, 0) is 30.9 Å². The van der Waals surface area contributed by atoms with Gasteiger partial charge in [0.1, 0.15) is 0 Å². The van der Waals surface area contributed by atoms with Gasteiger partial charge in [0, 0.05) is 23.6 Å². The van der Waals surface area contributed by atoms with Crippen LogP contribution in [0.5, 0.6) is 0 Å². The first kappa shape index (κ1) is 15.8. The van der Waals surface area contributed by atoms with Gasteiger partial charge in [-0.1, -0.05) is 34.1 Å². The van der Waals surface area contributed by atoms with Crippen LogP contribution in [-0.4, -0.2) is 34.6 Å². The third-order valence-corrected chi connectivity index (χ3v) is 4.46. The highest BCUT2D eigenvalue weighted by Gasteiger charge is 2.28. The highest BCUT2D eigenvalue weighted by molar-refractivity contribution is 9.10. The molecule has 2 rings (SSSR count). The lowest BCUT2D eigenvalue weighted by Gasteiger charge is -2.35. The summed E-state index contributed by atoms with van der Waals surface area (Å²) in [6, 6.07) is 7.32. The van der Waals surface area contributed by atoms with E-state index in [2.05, 4.69) is 21.2 Å². The van der Waals surface area contributed by atoms with Crippen molar-refractivity contribution in [3.8, 4) is 0 Å². The molecule has 1 aromatic carbocycles. The second kappa shape index (κ2) is 7.45. The van der Waals surface area contributed by atoms with Crippen molar-refractivity contribution in [2.24, 2.45) is 0 Å². The Labute approximate surface area is 132 Å². The molecule has 1 atom stereocenters. The van der Waals surface area contributed by atoms with Gasteiger partial charge >= 0.3 is 12.0 Å². The molecule has 0 aromatic heterocycles. The molecule has 2 N–H and O–H groups in total. The fraction of sp³-hybridized carbons (Fsp3) is 0.467. The lowest BCUT2D eigenvalue weighted by Crippen LogP contribution is -2.49. The summed E-state index contributed by atoms with van der Waals surface area (Å²) in [6.07, 6.45) is 2.68. The minimum atomic E-state index is -0.856. The first-order valence-corrected chi connectivity index (χ1v) is 7.87. The molecule has 0 radical (unpaired) electrons. The van der Waals surface area contributed by atoms with E-state index in [0.717, 1.165) is 29.3 Å². The number of carboxylic acids is 1. The zero-order valence-electron chi connectivity index (χ0n) is 11.7. The molecule has 1 unspecified atom stereocenters. The number of carbonyl (C=O) groups excluding carboxylic acids is 1. The van der Waals surface area contributed by atoms with Crippen molar-refractivity contribution in [3.63, 3.8) is 0 Å². The lowest BCUT2D eigenvalue weighted by molar-refractivity contribution is -0.138. The van der Waals surface area contributed by atoms with Gasteiger partial charge in [0.05, 0.1) is 6.42 Å². The number of aliphatic carboxylic acids is 1. The van der Waals surface area contributed by atoms with Crippen LogP contribution in [0, 0.1) is 0 Å². The predicted octanol–water partition coefficient (Wildman–Crippen LogP) is 2.99. The Morgan fingerprint density at radius 2 is 2.10 bits per heavy atom. The normalized spacial score (nSPS) is 18.3. The molecule has 1 heterocycles. The molecule has 6 heteroatoms. The van der Waals surface area contributed by atoms with E-state index in [1.54, 1.807) is 4.90 Å². The molecule has 21 heavy (non-hydrogen) atoms. The summed E-state index contributed by atoms with van der Waals surface area (Å²) in [4.78, 5) is 24.8. The van der Waals surface area contributed by atoms with Crippen molar-refractivity contribution in [2.75, 3.05) is 6.54 Å². The van der Waals surface area contributed by atoms with Crippen molar-refractivity contribution in [3.05, 3.63) is 34.3 Å². The molecular formula is C15H19BrN2O3. The largest absolute Gasteiger partial charge is 0.481 e. The van der Waals surface area contributed by atoms with Gasteiger partial charge in [0.2, 0.25) is 0 Å². The zero-order chi connectivity index (χ0) is 15.2. The van der Waals surface area contributed by atoms with E-state index in [-0.39, 0.29) is 18.5 Å². The van der Waals surface area contributed by atoms with Crippen molar-refractivity contribution in [1.29, 1.82) is 0 Å². The summed E-state index contributed by atoms with van der Waals surface area (Å²) in [5.74, 6) is -0.856. The maximum atomic E-state index is 12.3. The Hall–Kier alpha value is -1.56. The van der Waals surface area contributed by atoms with Crippen LogP contribution in [0.1, 0.15) is 31.2 Å². The number of piperidine rings is 1. The van der Waals surface area contributed by atoms with Gasteiger partial charge in [-0.2, -0.15) is 0 Å². The van der Waals surface area contributed by atoms with E-state index >= 15 is 0 Å². The van der Waals surface area contributed by atoms with Gasteiger partial charge in [0.25, 0.3) is 0 Å². The van der Waals surface area contributed by atoms with Gasteiger partial charge in [-0.25, -0.2) is 4.79 Å². The summed E-state index contributed by atoms with van der Waals surface area (Å²) < 4.78 is 0.950. The Morgan fingerprint density at radius 3 is 2.81 bits per heavy atom. The van der Waals surface area contributed by atoms with Gasteiger partial charge in [-0.3, -0.25) is 4.79 Å². The van der Waals surface area contributed by atoms with Gasteiger partial charge in [-0.15, -0.1) is 0 Å². The minimum Gasteiger partial charge on any atom is -0.481 e. The molecule has 1 saturated heterocycles. The van der Waals surface area contributed by atoms with E-state index in [0.29, 0.717) is 13.1 Å². The number of carboxylic acid groups (broad SMARTS) is 1. The number of hydrogen-bond acceptors (Lipinski definition) is 2. The standard InChI is InChI=1S/C15H19BrN2O3/c16-13-7-2-1-5-11(13)10-17-15(21)18-8-4-3-6-12(18)9-14(19)20/h1-2,5,7,12H,3-4,6,8-10H2,(H,17,21)(H,19,20). The molecule has 0 saturated carbocycles. The molecule has 1 fully saturated rings. The number of likely N-dealkylation sites (tertiary alicyclic amines) is 1. The maximum absolute atomic E-state index is 12.3. The monoisotopic (exact) mass is 354 g/mol. The Morgan fingerprint density at radius 1 is 1.33 bits per heavy atom. The van der Waals surface area contributed by atoms with E-state index in [1.807, 2.05) is 24.3 Å². The predicted molar refractivity (Wildman–Crippen MR) is 83.0 cm³/mol. The number of halogens is 1. The van der Waals surface area contributed by atoms with Crippen molar-refractivity contribution in [1.82, 2.24) is 10.2 Å². The maximum Gasteiger partial charge on any atom is 0.317 e. The molecule has 0 spiro atoms.